The van der Waals surface area contributed by atoms with Crippen molar-refractivity contribution < 1.29 is 0 Å². The summed E-state index contributed by atoms with van der Waals surface area (Å²) in [6.45, 7) is 0.770. The fraction of sp³-hybridized carbons (Fsp3) is 0.0556. The third kappa shape index (κ3) is 2.23. The van der Waals surface area contributed by atoms with Crippen molar-refractivity contribution in [3.05, 3.63) is 78.6 Å². The fourth-order valence-corrected chi connectivity index (χ4v) is 2.62. The van der Waals surface area contributed by atoms with Crippen LogP contribution in [0.15, 0.2) is 73.1 Å². The summed E-state index contributed by atoms with van der Waals surface area (Å²) in [6, 6.07) is 21.0. The van der Waals surface area contributed by atoms with Crippen LogP contribution in [0, 0.1) is 0 Å². The SMILES string of the molecule is c1ccc2cc(NCc3cnn4ccccc34)ccc2c1. The molecule has 0 spiro atoms. The normalized spacial score (nSPS) is 11.0. The van der Waals surface area contributed by atoms with Gasteiger partial charge in [-0.2, -0.15) is 5.10 Å². The lowest BCUT2D eigenvalue weighted by Gasteiger charge is -2.07. The molecule has 0 amide bonds. The van der Waals surface area contributed by atoms with Crippen molar-refractivity contribution in [1.29, 1.82) is 0 Å². The molecule has 1 N–H and O–H groups in total. The summed E-state index contributed by atoms with van der Waals surface area (Å²) in [4.78, 5) is 0. The lowest BCUT2D eigenvalue weighted by molar-refractivity contribution is 0.961. The van der Waals surface area contributed by atoms with E-state index in [-0.39, 0.29) is 0 Å². The highest BCUT2D eigenvalue weighted by molar-refractivity contribution is 5.85. The number of rotatable bonds is 3. The zero-order valence-electron chi connectivity index (χ0n) is 11.5. The number of hydrogen-bond donors (Lipinski definition) is 1. The monoisotopic (exact) mass is 273 g/mol. The Balaban J connectivity index is 1.60. The van der Waals surface area contributed by atoms with Crippen molar-refractivity contribution in [1.82, 2.24) is 9.61 Å². The Kier molecular flexibility index (Phi) is 2.82. The summed E-state index contributed by atoms with van der Waals surface area (Å²) in [5.74, 6) is 0. The van der Waals surface area contributed by atoms with Crippen molar-refractivity contribution in [3.8, 4) is 0 Å². The Morgan fingerprint density at radius 2 is 1.76 bits per heavy atom. The quantitative estimate of drug-likeness (QED) is 0.609. The Labute approximate surface area is 122 Å². The van der Waals surface area contributed by atoms with Gasteiger partial charge in [0.05, 0.1) is 11.7 Å². The molecule has 2 heterocycles. The second-order valence-corrected chi connectivity index (χ2v) is 5.12. The minimum Gasteiger partial charge on any atom is -0.381 e. The van der Waals surface area contributed by atoms with Crippen LogP contribution in [0.2, 0.25) is 0 Å². The maximum Gasteiger partial charge on any atom is 0.0711 e. The highest BCUT2D eigenvalue weighted by Crippen LogP contribution is 2.20. The molecular formula is C18H15N3. The third-order valence-corrected chi connectivity index (χ3v) is 3.74. The molecule has 0 saturated carbocycles. The van der Waals surface area contributed by atoms with Gasteiger partial charge in [-0.15, -0.1) is 0 Å². The van der Waals surface area contributed by atoms with E-state index in [1.807, 2.05) is 29.0 Å². The molecule has 0 atom stereocenters. The lowest BCUT2D eigenvalue weighted by atomic mass is 10.1. The fourth-order valence-electron chi connectivity index (χ4n) is 2.62. The van der Waals surface area contributed by atoms with Gasteiger partial charge in [-0.1, -0.05) is 36.4 Å². The van der Waals surface area contributed by atoms with Gasteiger partial charge in [0.1, 0.15) is 0 Å². The summed E-state index contributed by atoms with van der Waals surface area (Å²) in [5.41, 5.74) is 3.47. The van der Waals surface area contributed by atoms with Gasteiger partial charge in [0.2, 0.25) is 0 Å². The first-order valence-corrected chi connectivity index (χ1v) is 7.04. The predicted octanol–water partition coefficient (Wildman–Crippen LogP) is 4.10. The smallest absolute Gasteiger partial charge is 0.0711 e. The van der Waals surface area contributed by atoms with Gasteiger partial charge in [-0.3, -0.25) is 0 Å². The maximum absolute atomic E-state index is 4.36. The van der Waals surface area contributed by atoms with Crippen LogP contribution in [0.1, 0.15) is 5.56 Å². The van der Waals surface area contributed by atoms with E-state index in [9.17, 15) is 0 Å². The molecule has 0 fully saturated rings. The predicted molar refractivity (Wildman–Crippen MR) is 86.5 cm³/mol. The molecule has 2 aromatic carbocycles. The van der Waals surface area contributed by atoms with Crippen molar-refractivity contribution in [2.24, 2.45) is 0 Å². The molecule has 4 aromatic rings. The van der Waals surface area contributed by atoms with E-state index in [0.29, 0.717) is 0 Å². The van der Waals surface area contributed by atoms with E-state index in [2.05, 4.69) is 58.9 Å². The second-order valence-electron chi connectivity index (χ2n) is 5.12. The molecular weight excluding hydrogens is 258 g/mol. The van der Waals surface area contributed by atoms with Crippen LogP contribution < -0.4 is 5.32 Å². The van der Waals surface area contributed by atoms with Crippen LogP contribution in [0.4, 0.5) is 5.69 Å². The van der Waals surface area contributed by atoms with Crippen LogP contribution in [-0.2, 0) is 6.54 Å². The van der Waals surface area contributed by atoms with Crippen molar-refractivity contribution in [2.45, 2.75) is 6.54 Å². The molecule has 0 aliphatic rings. The molecule has 0 unspecified atom stereocenters. The standard InChI is InChI=1S/C18H15N3/c1-2-6-15-11-17(9-8-14(15)5-1)19-12-16-13-20-21-10-4-3-7-18(16)21/h1-11,13,19H,12H2. The Morgan fingerprint density at radius 3 is 2.71 bits per heavy atom. The van der Waals surface area contributed by atoms with E-state index < -0.39 is 0 Å². The summed E-state index contributed by atoms with van der Waals surface area (Å²) in [5, 5.41) is 10.4. The van der Waals surface area contributed by atoms with Crippen LogP contribution in [0.3, 0.4) is 0 Å². The van der Waals surface area contributed by atoms with Crippen LogP contribution in [0.25, 0.3) is 16.3 Å². The van der Waals surface area contributed by atoms with Crippen LogP contribution >= 0.6 is 0 Å². The van der Waals surface area contributed by atoms with E-state index in [1.54, 1.807) is 0 Å². The van der Waals surface area contributed by atoms with Crippen molar-refractivity contribution >= 4 is 22.0 Å². The van der Waals surface area contributed by atoms with E-state index >= 15 is 0 Å². The van der Waals surface area contributed by atoms with E-state index in [0.717, 1.165) is 17.7 Å². The molecule has 4 rings (SSSR count). The number of benzene rings is 2. The molecule has 102 valence electrons. The number of nitrogens with one attached hydrogen (secondary N) is 1. The number of hydrogen-bond acceptors (Lipinski definition) is 2. The van der Waals surface area contributed by atoms with E-state index in [4.69, 9.17) is 0 Å². The first kappa shape index (κ1) is 12.0. The van der Waals surface area contributed by atoms with Crippen LogP contribution in [0.5, 0.6) is 0 Å². The number of nitrogens with zero attached hydrogens (tertiary/aromatic N) is 2. The molecule has 2 aromatic heterocycles. The summed E-state index contributed by atoms with van der Waals surface area (Å²) in [7, 11) is 0. The van der Waals surface area contributed by atoms with Gasteiger partial charge in [0.15, 0.2) is 0 Å². The number of anilines is 1. The number of pyridine rings is 1. The van der Waals surface area contributed by atoms with Gasteiger partial charge in [-0.05, 0) is 35.0 Å². The molecule has 0 bridgehead atoms. The molecule has 21 heavy (non-hydrogen) atoms. The van der Waals surface area contributed by atoms with Gasteiger partial charge in [0, 0.05) is 24.0 Å². The Bertz CT molecular complexity index is 908. The maximum atomic E-state index is 4.36. The van der Waals surface area contributed by atoms with Gasteiger partial charge < -0.3 is 5.32 Å². The zero-order valence-corrected chi connectivity index (χ0v) is 11.5. The second kappa shape index (κ2) is 4.94. The molecule has 0 saturated heterocycles. The first-order valence-electron chi connectivity index (χ1n) is 7.04. The molecule has 0 aliphatic carbocycles. The van der Waals surface area contributed by atoms with Gasteiger partial charge >= 0.3 is 0 Å². The Morgan fingerprint density at radius 1 is 0.905 bits per heavy atom. The lowest BCUT2D eigenvalue weighted by Crippen LogP contribution is -1.98. The minimum atomic E-state index is 0.770. The van der Waals surface area contributed by atoms with Gasteiger partial charge in [-0.25, -0.2) is 4.52 Å². The topological polar surface area (TPSA) is 29.3 Å². The van der Waals surface area contributed by atoms with Gasteiger partial charge in [0.25, 0.3) is 0 Å². The van der Waals surface area contributed by atoms with E-state index in [1.165, 1.54) is 16.3 Å². The molecule has 0 aliphatic heterocycles. The Hall–Kier alpha value is -2.81. The highest BCUT2D eigenvalue weighted by Gasteiger charge is 2.03. The summed E-state index contributed by atoms with van der Waals surface area (Å²) < 4.78 is 1.90. The molecule has 3 heteroatoms. The molecule has 3 nitrogen and oxygen atoms in total. The van der Waals surface area contributed by atoms with Crippen molar-refractivity contribution in [2.75, 3.05) is 5.32 Å². The number of aromatic nitrogens is 2. The first-order chi connectivity index (χ1) is 10.4. The highest BCUT2D eigenvalue weighted by atomic mass is 15.2. The minimum absolute atomic E-state index is 0.770. The average Bonchev–Trinajstić information content (AvgIpc) is 2.96. The zero-order chi connectivity index (χ0) is 14.1. The summed E-state index contributed by atoms with van der Waals surface area (Å²) >= 11 is 0. The average molecular weight is 273 g/mol. The van der Waals surface area contributed by atoms with Crippen LogP contribution in [-0.4, -0.2) is 9.61 Å². The third-order valence-electron chi connectivity index (χ3n) is 3.74. The summed E-state index contributed by atoms with van der Waals surface area (Å²) in [6.07, 6.45) is 3.89. The number of fused-ring (bicyclic) bond motifs is 2. The largest absolute Gasteiger partial charge is 0.381 e. The van der Waals surface area contributed by atoms with Crippen molar-refractivity contribution in [3.63, 3.8) is 0 Å². The molecule has 0 radical (unpaired) electrons.